The molecule has 0 aliphatic carbocycles. The third kappa shape index (κ3) is 3.08. The Balaban J connectivity index is 1.80. The molecule has 0 unspecified atom stereocenters. The summed E-state index contributed by atoms with van der Waals surface area (Å²) < 4.78 is 7.86. The third-order valence-electron chi connectivity index (χ3n) is 3.76. The second-order valence-corrected chi connectivity index (χ2v) is 5.95. The van der Waals surface area contributed by atoms with E-state index in [1.54, 1.807) is 6.92 Å². The molecule has 1 aliphatic rings. The minimum Gasteiger partial charge on any atom is -0.461 e. The molecule has 1 aromatic carbocycles. The zero-order valence-electron chi connectivity index (χ0n) is 12.5. The highest BCUT2D eigenvalue weighted by Crippen LogP contribution is 2.24. The van der Waals surface area contributed by atoms with E-state index in [1.165, 1.54) is 5.56 Å². The van der Waals surface area contributed by atoms with Crippen molar-refractivity contribution in [1.82, 2.24) is 14.5 Å². The fraction of sp³-hybridized carbons (Fsp3) is 0.375. The average Bonchev–Trinajstić information content (AvgIpc) is 2.85. The molecule has 1 aliphatic heterocycles. The molecule has 0 radical (unpaired) electrons. The first-order valence-electron chi connectivity index (χ1n) is 7.37. The number of imidazole rings is 1. The molecule has 5 nitrogen and oxygen atoms in total. The van der Waals surface area contributed by atoms with Crippen LogP contribution in [0.5, 0.6) is 0 Å². The molecule has 22 heavy (non-hydrogen) atoms. The van der Waals surface area contributed by atoms with E-state index in [4.69, 9.17) is 4.74 Å². The van der Waals surface area contributed by atoms with Gasteiger partial charge in [0.25, 0.3) is 0 Å². The van der Waals surface area contributed by atoms with Gasteiger partial charge in [-0.25, -0.2) is 9.78 Å². The summed E-state index contributed by atoms with van der Waals surface area (Å²) in [6.07, 6.45) is 0. The van der Waals surface area contributed by atoms with Crippen molar-refractivity contribution in [2.75, 3.05) is 13.2 Å². The Labute approximate surface area is 138 Å². The van der Waals surface area contributed by atoms with Crippen molar-refractivity contribution in [3.05, 3.63) is 52.0 Å². The van der Waals surface area contributed by atoms with Gasteiger partial charge in [-0.1, -0.05) is 30.3 Å². The van der Waals surface area contributed by atoms with E-state index in [0.717, 1.165) is 25.3 Å². The number of carbonyl (C=O) groups is 1. The van der Waals surface area contributed by atoms with E-state index in [9.17, 15) is 4.79 Å². The van der Waals surface area contributed by atoms with Crippen LogP contribution >= 0.6 is 15.9 Å². The van der Waals surface area contributed by atoms with Gasteiger partial charge >= 0.3 is 5.97 Å². The van der Waals surface area contributed by atoms with Gasteiger partial charge in [-0.2, -0.15) is 0 Å². The molecule has 1 aromatic heterocycles. The van der Waals surface area contributed by atoms with E-state index >= 15 is 0 Å². The number of ether oxygens (including phenoxy) is 1. The van der Waals surface area contributed by atoms with E-state index in [2.05, 4.69) is 37.9 Å². The van der Waals surface area contributed by atoms with Crippen LogP contribution in [0.2, 0.25) is 0 Å². The van der Waals surface area contributed by atoms with Crippen molar-refractivity contribution in [2.24, 2.45) is 0 Å². The lowest BCUT2D eigenvalue weighted by molar-refractivity contribution is 0.0516. The van der Waals surface area contributed by atoms with Gasteiger partial charge in [-0.15, -0.1) is 0 Å². The van der Waals surface area contributed by atoms with Crippen LogP contribution in [0.3, 0.4) is 0 Å². The van der Waals surface area contributed by atoms with Crippen LogP contribution in [-0.2, 0) is 24.4 Å². The number of fused-ring (bicyclic) bond motifs is 1. The Morgan fingerprint density at radius 1 is 1.32 bits per heavy atom. The molecular formula is C16H18BrN3O2. The van der Waals surface area contributed by atoms with Crippen molar-refractivity contribution < 1.29 is 9.53 Å². The summed E-state index contributed by atoms with van der Waals surface area (Å²) in [6, 6.07) is 10.3. The number of hydrogen-bond acceptors (Lipinski definition) is 4. The summed E-state index contributed by atoms with van der Waals surface area (Å²) in [5, 5.41) is 0. The van der Waals surface area contributed by atoms with E-state index in [1.807, 2.05) is 22.8 Å². The van der Waals surface area contributed by atoms with Crippen LogP contribution in [-0.4, -0.2) is 33.6 Å². The van der Waals surface area contributed by atoms with Crippen LogP contribution in [0.1, 0.15) is 28.7 Å². The number of rotatable bonds is 4. The highest BCUT2D eigenvalue weighted by Gasteiger charge is 2.27. The van der Waals surface area contributed by atoms with Gasteiger partial charge in [0.15, 0.2) is 10.4 Å². The highest BCUT2D eigenvalue weighted by atomic mass is 79.9. The second-order valence-electron chi connectivity index (χ2n) is 5.24. The Bertz CT molecular complexity index is 670. The summed E-state index contributed by atoms with van der Waals surface area (Å²) in [5.74, 6) is -0.349. The van der Waals surface area contributed by atoms with Crippen molar-refractivity contribution in [3.8, 4) is 0 Å². The number of aromatic nitrogens is 2. The van der Waals surface area contributed by atoms with Crippen molar-refractivity contribution in [3.63, 3.8) is 0 Å². The fourth-order valence-corrected chi connectivity index (χ4v) is 3.28. The van der Waals surface area contributed by atoms with Gasteiger partial charge in [0.1, 0.15) is 0 Å². The molecule has 3 rings (SSSR count). The predicted molar refractivity (Wildman–Crippen MR) is 86.4 cm³/mol. The smallest absolute Gasteiger partial charge is 0.358 e. The largest absolute Gasteiger partial charge is 0.461 e. The van der Waals surface area contributed by atoms with E-state index < -0.39 is 0 Å². The molecule has 0 saturated heterocycles. The minimum absolute atomic E-state index is 0.349. The topological polar surface area (TPSA) is 47.4 Å². The van der Waals surface area contributed by atoms with E-state index in [0.29, 0.717) is 23.6 Å². The lowest BCUT2D eigenvalue weighted by Gasteiger charge is -2.28. The standard InChI is InChI=1S/C16H18BrN3O2/c1-2-22-15(21)14-13-11-19(8-9-20(13)16(17)18-14)10-12-6-4-3-5-7-12/h3-7H,2,8-11H2,1H3. The molecule has 0 N–H and O–H groups in total. The van der Waals surface area contributed by atoms with Gasteiger partial charge in [-0.3, -0.25) is 4.90 Å². The maximum absolute atomic E-state index is 12.1. The molecule has 0 spiro atoms. The lowest BCUT2D eigenvalue weighted by Crippen LogP contribution is -2.34. The third-order valence-corrected chi connectivity index (χ3v) is 4.36. The van der Waals surface area contributed by atoms with Crippen molar-refractivity contribution in [1.29, 1.82) is 0 Å². The summed E-state index contributed by atoms with van der Waals surface area (Å²) in [5.41, 5.74) is 2.62. The number of halogens is 1. The average molecular weight is 364 g/mol. The number of esters is 1. The Morgan fingerprint density at radius 3 is 2.82 bits per heavy atom. The normalized spacial score (nSPS) is 14.6. The molecule has 0 atom stereocenters. The first kappa shape index (κ1) is 15.2. The zero-order valence-corrected chi connectivity index (χ0v) is 14.0. The molecule has 2 aromatic rings. The van der Waals surface area contributed by atoms with Crippen LogP contribution in [0, 0.1) is 0 Å². The van der Waals surface area contributed by atoms with Gasteiger partial charge in [-0.05, 0) is 28.4 Å². The van der Waals surface area contributed by atoms with Crippen molar-refractivity contribution >= 4 is 21.9 Å². The quantitative estimate of drug-likeness (QED) is 0.783. The molecule has 6 heteroatoms. The van der Waals surface area contributed by atoms with Crippen LogP contribution in [0.15, 0.2) is 35.1 Å². The Morgan fingerprint density at radius 2 is 2.09 bits per heavy atom. The van der Waals surface area contributed by atoms with Crippen LogP contribution in [0.4, 0.5) is 0 Å². The highest BCUT2D eigenvalue weighted by molar-refractivity contribution is 9.10. The molecule has 116 valence electrons. The first-order valence-corrected chi connectivity index (χ1v) is 8.16. The fourth-order valence-electron chi connectivity index (χ4n) is 2.72. The van der Waals surface area contributed by atoms with Gasteiger partial charge in [0.05, 0.1) is 12.3 Å². The molecule has 0 amide bonds. The summed E-state index contributed by atoms with van der Waals surface area (Å²) in [4.78, 5) is 18.7. The number of carbonyl (C=O) groups excluding carboxylic acids is 1. The zero-order chi connectivity index (χ0) is 15.5. The molecule has 0 saturated carbocycles. The van der Waals surface area contributed by atoms with Gasteiger partial charge < -0.3 is 9.30 Å². The maximum atomic E-state index is 12.1. The van der Waals surface area contributed by atoms with Crippen LogP contribution < -0.4 is 0 Å². The Hall–Kier alpha value is -1.66. The molecule has 0 bridgehead atoms. The maximum Gasteiger partial charge on any atom is 0.358 e. The Kier molecular flexibility index (Phi) is 4.59. The summed E-state index contributed by atoms with van der Waals surface area (Å²) >= 11 is 3.43. The molecule has 0 fully saturated rings. The molecular weight excluding hydrogens is 346 g/mol. The first-order chi connectivity index (χ1) is 10.7. The summed E-state index contributed by atoms with van der Waals surface area (Å²) in [6.45, 7) is 5.47. The SMILES string of the molecule is CCOC(=O)c1nc(Br)n2c1CN(Cc1ccccc1)CC2. The number of nitrogens with zero attached hydrogens (tertiary/aromatic N) is 3. The predicted octanol–water partition coefficient (Wildman–Crippen LogP) is 2.84. The van der Waals surface area contributed by atoms with E-state index in [-0.39, 0.29) is 5.97 Å². The summed E-state index contributed by atoms with van der Waals surface area (Å²) in [7, 11) is 0. The second kappa shape index (κ2) is 6.62. The monoisotopic (exact) mass is 363 g/mol. The number of benzene rings is 1. The lowest BCUT2D eigenvalue weighted by atomic mass is 10.2. The number of hydrogen-bond donors (Lipinski definition) is 0. The molecule has 2 heterocycles. The van der Waals surface area contributed by atoms with Crippen LogP contribution in [0.25, 0.3) is 0 Å². The minimum atomic E-state index is -0.349. The van der Waals surface area contributed by atoms with Gasteiger partial charge in [0, 0.05) is 26.2 Å². The van der Waals surface area contributed by atoms with Gasteiger partial charge in [0.2, 0.25) is 0 Å². The van der Waals surface area contributed by atoms with Crippen molar-refractivity contribution in [2.45, 2.75) is 26.6 Å².